The third kappa shape index (κ3) is 4.32. The zero-order valence-corrected chi connectivity index (χ0v) is 15.3. The molecule has 0 aliphatic carbocycles. The number of amides is 4. The Kier molecular flexibility index (Phi) is 5.22. The second-order valence-electron chi connectivity index (χ2n) is 5.64. The molecule has 0 atom stereocenters. The van der Waals surface area contributed by atoms with Crippen LogP contribution in [0.4, 0.5) is 14.9 Å². The van der Waals surface area contributed by atoms with Crippen LogP contribution in [0, 0.1) is 5.82 Å². The number of benzene rings is 2. The molecule has 9 heteroatoms. The molecule has 1 aliphatic heterocycles. The zero-order chi connectivity index (χ0) is 19.6. The monoisotopic (exact) mass is 433 g/mol. The number of phenolic OH excluding ortho intramolecular Hbond substituents is 1. The largest absolute Gasteiger partial charge is 0.507 e. The Balaban J connectivity index is 1.72. The first kappa shape index (κ1) is 18.6. The van der Waals surface area contributed by atoms with Gasteiger partial charge in [-0.25, -0.2) is 14.1 Å². The van der Waals surface area contributed by atoms with E-state index in [9.17, 15) is 23.9 Å². The Hall–Kier alpha value is -3.20. The number of hydrogen-bond acceptors (Lipinski definition) is 4. The predicted octanol–water partition coefficient (Wildman–Crippen LogP) is 2.83. The zero-order valence-electron chi connectivity index (χ0n) is 13.7. The summed E-state index contributed by atoms with van der Waals surface area (Å²) in [4.78, 5) is 37.2. The van der Waals surface area contributed by atoms with Gasteiger partial charge in [-0.1, -0.05) is 15.9 Å². The van der Waals surface area contributed by atoms with Crippen LogP contribution < -0.4 is 10.6 Å². The summed E-state index contributed by atoms with van der Waals surface area (Å²) in [7, 11) is 0. The number of urea groups is 1. The summed E-state index contributed by atoms with van der Waals surface area (Å²) in [6, 6.07) is 8.95. The minimum absolute atomic E-state index is 0.0667. The molecule has 2 aromatic carbocycles. The minimum Gasteiger partial charge on any atom is -0.507 e. The van der Waals surface area contributed by atoms with Gasteiger partial charge in [-0.2, -0.15) is 0 Å². The van der Waals surface area contributed by atoms with E-state index in [2.05, 4.69) is 26.6 Å². The molecule has 1 heterocycles. The first-order valence-corrected chi connectivity index (χ1v) is 8.51. The molecule has 4 amide bonds. The van der Waals surface area contributed by atoms with Crippen molar-refractivity contribution >= 4 is 45.5 Å². The summed E-state index contributed by atoms with van der Waals surface area (Å²) >= 11 is 3.25. The first-order chi connectivity index (χ1) is 12.8. The van der Waals surface area contributed by atoms with Crippen molar-refractivity contribution in [2.24, 2.45) is 0 Å². The molecule has 0 spiro atoms. The highest BCUT2D eigenvalue weighted by Gasteiger charge is 2.35. The van der Waals surface area contributed by atoms with Gasteiger partial charge in [-0.05, 0) is 48.5 Å². The van der Waals surface area contributed by atoms with Crippen molar-refractivity contribution in [1.29, 1.82) is 0 Å². The fourth-order valence-corrected chi connectivity index (χ4v) is 2.77. The van der Waals surface area contributed by atoms with Crippen molar-refractivity contribution < 1.29 is 23.9 Å². The van der Waals surface area contributed by atoms with E-state index in [1.165, 1.54) is 36.4 Å². The van der Waals surface area contributed by atoms with Gasteiger partial charge in [0.05, 0.1) is 0 Å². The fourth-order valence-electron chi connectivity index (χ4n) is 2.39. The Morgan fingerprint density at radius 1 is 1.22 bits per heavy atom. The van der Waals surface area contributed by atoms with Crippen LogP contribution in [0.2, 0.25) is 0 Å². The lowest BCUT2D eigenvalue weighted by Crippen LogP contribution is -2.38. The third-order valence-electron chi connectivity index (χ3n) is 3.68. The van der Waals surface area contributed by atoms with Gasteiger partial charge >= 0.3 is 6.03 Å². The summed E-state index contributed by atoms with van der Waals surface area (Å²) in [6.07, 6.45) is 1.32. The number of nitrogens with zero attached hydrogens (tertiary/aromatic N) is 1. The van der Waals surface area contributed by atoms with Crippen molar-refractivity contribution in [2.45, 2.75) is 0 Å². The van der Waals surface area contributed by atoms with Crippen LogP contribution in [-0.4, -0.2) is 34.4 Å². The van der Waals surface area contributed by atoms with E-state index in [4.69, 9.17) is 0 Å². The standard InChI is InChI=1S/C18H13BrFN3O4/c19-11-1-6-15(24)10(7-11)8-14-17(26)23(18(27)22-14)9-16(25)21-13-4-2-12(20)3-5-13/h1-8,24H,9H2,(H,21,25)(H,22,27)/b14-8-. The number of halogens is 2. The van der Waals surface area contributed by atoms with E-state index < -0.39 is 30.2 Å². The molecule has 1 aliphatic rings. The fraction of sp³-hybridized carbons (Fsp3) is 0.0556. The normalized spacial score (nSPS) is 15.2. The Bertz CT molecular complexity index is 960. The second kappa shape index (κ2) is 7.58. The topological polar surface area (TPSA) is 98.7 Å². The average molecular weight is 434 g/mol. The third-order valence-corrected chi connectivity index (χ3v) is 4.17. The Labute approximate surface area is 161 Å². The molecule has 0 saturated carbocycles. The van der Waals surface area contributed by atoms with E-state index >= 15 is 0 Å². The van der Waals surface area contributed by atoms with Gasteiger partial charge < -0.3 is 15.7 Å². The Morgan fingerprint density at radius 2 is 1.93 bits per heavy atom. The highest BCUT2D eigenvalue weighted by atomic mass is 79.9. The lowest BCUT2D eigenvalue weighted by molar-refractivity contribution is -0.127. The van der Waals surface area contributed by atoms with Crippen molar-refractivity contribution in [2.75, 3.05) is 11.9 Å². The van der Waals surface area contributed by atoms with E-state index in [1.54, 1.807) is 12.1 Å². The van der Waals surface area contributed by atoms with Gasteiger partial charge in [0.25, 0.3) is 5.91 Å². The lowest BCUT2D eigenvalue weighted by atomic mass is 10.1. The predicted molar refractivity (Wildman–Crippen MR) is 99.1 cm³/mol. The maximum Gasteiger partial charge on any atom is 0.329 e. The molecule has 138 valence electrons. The molecule has 27 heavy (non-hydrogen) atoms. The van der Waals surface area contributed by atoms with E-state index in [0.717, 1.165) is 4.90 Å². The molecule has 7 nitrogen and oxygen atoms in total. The highest BCUT2D eigenvalue weighted by Crippen LogP contribution is 2.25. The molecule has 0 radical (unpaired) electrons. The molecule has 0 aromatic heterocycles. The Morgan fingerprint density at radius 3 is 2.63 bits per heavy atom. The van der Waals surface area contributed by atoms with Crippen molar-refractivity contribution in [1.82, 2.24) is 10.2 Å². The van der Waals surface area contributed by atoms with Gasteiger partial charge in [-0.15, -0.1) is 0 Å². The minimum atomic E-state index is -0.755. The van der Waals surface area contributed by atoms with Crippen LogP contribution in [0.3, 0.4) is 0 Å². The highest BCUT2D eigenvalue weighted by molar-refractivity contribution is 9.10. The average Bonchev–Trinajstić information content (AvgIpc) is 2.87. The van der Waals surface area contributed by atoms with E-state index in [1.807, 2.05) is 0 Å². The van der Waals surface area contributed by atoms with E-state index in [0.29, 0.717) is 15.7 Å². The molecule has 3 N–H and O–H groups in total. The van der Waals surface area contributed by atoms with Gasteiger partial charge in [-0.3, -0.25) is 9.59 Å². The molecule has 3 rings (SSSR count). The van der Waals surface area contributed by atoms with Crippen molar-refractivity contribution in [3.63, 3.8) is 0 Å². The summed E-state index contributed by atoms with van der Waals surface area (Å²) in [5, 5.41) is 14.7. The van der Waals surface area contributed by atoms with Crippen molar-refractivity contribution in [3.8, 4) is 5.75 Å². The maximum absolute atomic E-state index is 12.9. The van der Waals surface area contributed by atoms with Crippen LogP contribution >= 0.6 is 15.9 Å². The second-order valence-corrected chi connectivity index (χ2v) is 6.55. The van der Waals surface area contributed by atoms with Gasteiger partial charge in [0.2, 0.25) is 5.91 Å². The molecule has 1 fully saturated rings. The SMILES string of the molecule is O=C(CN1C(=O)N/C(=C\c2cc(Br)ccc2O)C1=O)Nc1ccc(F)cc1. The first-order valence-electron chi connectivity index (χ1n) is 7.72. The van der Waals surface area contributed by atoms with E-state index in [-0.39, 0.29) is 11.4 Å². The van der Waals surface area contributed by atoms with Crippen molar-refractivity contribution in [3.05, 3.63) is 64.0 Å². The quantitative estimate of drug-likeness (QED) is 0.509. The van der Waals surface area contributed by atoms with Gasteiger partial charge in [0.15, 0.2) is 0 Å². The molecule has 1 saturated heterocycles. The lowest BCUT2D eigenvalue weighted by Gasteiger charge is -2.11. The number of hydrogen-bond donors (Lipinski definition) is 3. The smallest absolute Gasteiger partial charge is 0.329 e. The summed E-state index contributed by atoms with van der Waals surface area (Å²) < 4.78 is 13.6. The summed E-state index contributed by atoms with van der Waals surface area (Å²) in [5.41, 5.74) is 0.594. The molecular weight excluding hydrogens is 421 g/mol. The number of carbonyl (C=O) groups excluding carboxylic acids is 3. The molecular formula is C18H13BrFN3O4. The number of phenols is 1. The molecule has 2 aromatic rings. The number of carbonyl (C=O) groups is 3. The van der Waals surface area contributed by atoms with Crippen LogP contribution in [-0.2, 0) is 9.59 Å². The summed E-state index contributed by atoms with van der Waals surface area (Å²) in [5.74, 6) is -1.83. The van der Waals surface area contributed by atoms with Gasteiger partial charge in [0.1, 0.15) is 23.8 Å². The molecule has 0 bridgehead atoms. The van der Waals surface area contributed by atoms with Gasteiger partial charge in [0, 0.05) is 15.7 Å². The number of anilines is 1. The van der Waals surface area contributed by atoms with Crippen LogP contribution in [0.1, 0.15) is 5.56 Å². The molecule has 0 unspecified atom stereocenters. The summed E-state index contributed by atoms with van der Waals surface area (Å²) in [6.45, 7) is -0.510. The maximum atomic E-state index is 12.9. The number of rotatable bonds is 4. The van der Waals surface area contributed by atoms with Crippen LogP contribution in [0.15, 0.2) is 52.6 Å². The van der Waals surface area contributed by atoms with Crippen LogP contribution in [0.5, 0.6) is 5.75 Å². The number of aromatic hydroxyl groups is 1. The number of nitrogens with one attached hydrogen (secondary N) is 2. The number of imide groups is 1. The van der Waals surface area contributed by atoms with Crippen LogP contribution in [0.25, 0.3) is 6.08 Å².